The summed E-state index contributed by atoms with van der Waals surface area (Å²) in [7, 11) is 4.24. The zero-order chi connectivity index (χ0) is 13.8. The standard InChI is InChI=1S/C16H33NO/c1-6-13-10-9-11-14(12-13)15(18)16(7-2,8-3)17(4)5/h13-15,18H,6-12H2,1-5H3. The van der Waals surface area contributed by atoms with Crippen LogP contribution in [0.1, 0.15) is 65.7 Å². The molecule has 0 heterocycles. The quantitative estimate of drug-likeness (QED) is 0.782. The van der Waals surface area contributed by atoms with Gasteiger partial charge in [-0.3, -0.25) is 0 Å². The van der Waals surface area contributed by atoms with Crippen LogP contribution >= 0.6 is 0 Å². The molecule has 2 nitrogen and oxygen atoms in total. The van der Waals surface area contributed by atoms with Crippen molar-refractivity contribution in [3.63, 3.8) is 0 Å². The zero-order valence-electron chi connectivity index (χ0n) is 13.1. The maximum absolute atomic E-state index is 10.9. The van der Waals surface area contributed by atoms with Gasteiger partial charge < -0.3 is 10.0 Å². The van der Waals surface area contributed by atoms with Crippen LogP contribution in [0.4, 0.5) is 0 Å². The van der Waals surface area contributed by atoms with Gasteiger partial charge in [0, 0.05) is 5.54 Å². The maximum atomic E-state index is 10.9. The van der Waals surface area contributed by atoms with E-state index in [-0.39, 0.29) is 11.6 Å². The van der Waals surface area contributed by atoms with E-state index in [2.05, 4.69) is 39.8 Å². The third-order valence-corrected chi connectivity index (χ3v) is 5.51. The fraction of sp³-hybridized carbons (Fsp3) is 1.00. The van der Waals surface area contributed by atoms with Gasteiger partial charge in [-0.25, -0.2) is 0 Å². The van der Waals surface area contributed by atoms with Crippen molar-refractivity contribution in [2.24, 2.45) is 11.8 Å². The van der Waals surface area contributed by atoms with Crippen molar-refractivity contribution in [1.29, 1.82) is 0 Å². The highest BCUT2D eigenvalue weighted by Gasteiger charge is 2.42. The van der Waals surface area contributed by atoms with Gasteiger partial charge in [-0.2, -0.15) is 0 Å². The van der Waals surface area contributed by atoms with Crippen molar-refractivity contribution in [1.82, 2.24) is 4.90 Å². The second-order valence-electron chi connectivity index (χ2n) is 6.35. The molecular weight excluding hydrogens is 222 g/mol. The Hall–Kier alpha value is -0.0800. The summed E-state index contributed by atoms with van der Waals surface area (Å²) < 4.78 is 0. The molecule has 1 rings (SSSR count). The smallest absolute Gasteiger partial charge is 0.0751 e. The Morgan fingerprint density at radius 1 is 1.17 bits per heavy atom. The highest BCUT2D eigenvalue weighted by Crippen LogP contribution is 2.39. The summed E-state index contributed by atoms with van der Waals surface area (Å²) in [5, 5.41) is 10.9. The van der Waals surface area contributed by atoms with Crippen molar-refractivity contribution in [2.75, 3.05) is 14.1 Å². The first-order valence-corrected chi connectivity index (χ1v) is 7.87. The molecule has 0 radical (unpaired) electrons. The lowest BCUT2D eigenvalue weighted by Gasteiger charge is -2.47. The molecule has 108 valence electrons. The summed E-state index contributed by atoms with van der Waals surface area (Å²) in [4.78, 5) is 2.26. The van der Waals surface area contributed by atoms with Crippen LogP contribution in [0, 0.1) is 11.8 Å². The average molecular weight is 255 g/mol. The van der Waals surface area contributed by atoms with E-state index in [1.807, 2.05) is 0 Å². The van der Waals surface area contributed by atoms with Crippen LogP contribution < -0.4 is 0 Å². The van der Waals surface area contributed by atoms with Crippen LogP contribution in [0.15, 0.2) is 0 Å². The molecule has 2 heteroatoms. The third kappa shape index (κ3) is 3.08. The summed E-state index contributed by atoms with van der Waals surface area (Å²) in [6.07, 6.45) is 8.29. The summed E-state index contributed by atoms with van der Waals surface area (Å²) >= 11 is 0. The second-order valence-corrected chi connectivity index (χ2v) is 6.35. The lowest BCUT2D eigenvalue weighted by molar-refractivity contribution is -0.0606. The third-order valence-electron chi connectivity index (χ3n) is 5.51. The van der Waals surface area contributed by atoms with Crippen LogP contribution in [0.25, 0.3) is 0 Å². The van der Waals surface area contributed by atoms with Gasteiger partial charge in [0.2, 0.25) is 0 Å². The van der Waals surface area contributed by atoms with Gasteiger partial charge in [0.25, 0.3) is 0 Å². The van der Waals surface area contributed by atoms with Crippen molar-refractivity contribution in [2.45, 2.75) is 77.4 Å². The highest BCUT2D eigenvalue weighted by molar-refractivity contribution is 4.97. The molecule has 1 aliphatic rings. The molecule has 0 saturated heterocycles. The molecule has 0 aromatic heterocycles. The minimum Gasteiger partial charge on any atom is -0.391 e. The van der Waals surface area contributed by atoms with Crippen LogP contribution in [0.3, 0.4) is 0 Å². The summed E-state index contributed by atoms with van der Waals surface area (Å²) in [6.45, 7) is 6.72. The van der Waals surface area contributed by atoms with Gasteiger partial charge >= 0.3 is 0 Å². The molecule has 3 unspecified atom stereocenters. The van der Waals surface area contributed by atoms with Crippen molar-refractivity contribution in [3.05, 3.63) is 0 Å². The Morgan fingerprint density at radius 3 is 2.22 bits per heavy atom. The number of likely N-dealkylation sites (N-methyl/N-ethyl adjacent to an activating group) is 1. The van der Waals surface area contributed by atoms with Gasteiger partial charge in [-0.1, -0.05) is 40.0 Å². The lowest BCUT2D eigenvalue weighted by Crippen LogP contribution is -2.56. The average Bonchev–Trinajstić information content (AvgIpc) is 2.40. The Kier molecular flexibility index (Phi) is 6.13. The van der Waals surface area contributed by atoms with E-state index in [9.17, 15) is 5.11 Å². The first-order valence-electron chi connectivity index (χ1n) is 7.87. The number of rotatable bonds is 6. The van der Waals surface area contributed by atoms with Gasteiger partial charge in [0.05, 0.1) is 6.10 Å². The molecule has 0 spiro atoms. The van der Waals surface area contributed by atoms with Crippen molar-refractivity contribution >= 4 is 0 Å². The Labute approximate surface area is 114 Å². The van der Waals surface area contributed by atoms with E-state index in [1.165, 1.54) is 32.1 Å². The van der Waals surface area contributed by atoms with E-state index in [0.29, 0.717) is 5.92 Å². The molecule has 18 heavy (non-hydrogen) atoms. The summed E-state index contributed by atoms with van der Waals surface area (Å²) in [5.41, 5.74) is -0.0275. The van der Waals surface area contributed by atoms with Crippen molar-refractivity contribution < 1.29 is 5.11 Å². The molecule has 1 N–H and O–H groups in total. The zero-order valence-corrected chi connectivity index (χ0v) is 13.1. The molecule has 1 aliphatic carbocycles. The molecule has 1 saturated carbocycles. The predicted molar refractivity (Wildman–Crippen MR) is 78.7 cm³/mol. The molecular formula is C16H33NO. The van der Waals surface area contributed by atoms with E-state index in [4.69, 9.17) is 0 Å². The molecule has 1 fully saturated rings. The first-order chi connectivity index (χ1) is 8.51. The topological polar surface area (TPSA) is 23.5 Å². The second kappa shape index (κ2) is 6.91. The van der Waals surface area contributed by atoms with Gasteiger partial charge in [0.1, 0.15) is 0 Å². The normalized spacial score (nSPS) is 27.5. The minimum atomic E-state index is -0.170. The summed E-state index contributed by atoms with van der Waals surface area (Å²) in [6, 6.07) is 0. The van der Waals surface area contributed by atoms with Gasteiger partial charge in [0.15, 0.2) is 0 Å². The number of aliphatic hydroxyl groups is 1. The maximum Gasteiger partial charge on any atom is 0.0751 e. The van der Waals surface area contributed by atoms with Crippen molar-refractivity contribution in [3.8, 4) is 0 Å². The molecule has 0 amide bonds. The van der Waals surface area contributed by atoms with Crippen LogP contribution in [0.5, 0.6) is 0 Å². The number of aliphatic hydroxyl groups excluding tert-OH is 1. The van der Waals surface area contributed by atoms with E-state index >= 15 is 0 Å². The number of hydrogen-bond acceptors (Lipinski definition) is 2. The van der Waals surface area contributed by atoms with E-state index < -0.39 is 0 Å². The molecule has 0 bridgehead atoms. The van der Waals surface area contributed by atoms with Gasteiger partial charge in [-0.05, 0) is 51.6 Å². The van der Waals surface area contributed by atoms with E-state index in [1.54, 1.807) is 0 Å². The monoisotopic (exact) mass is 255 g/mol. The Morgan fingerprint density at radius 2 is 1.78 bits per heavy atom. The van der Waals surface area contributed by atoms with Gasteiger partial charge in [-0.15, -0.1) is 0 Å². The lowest BCUT2D eigenvalue weighted by atomic mass is 9.70. The molecule has 3 atom stereocenters. The summed E-state index contributed by atoms with van der Waals surface area (Å²) in [5.74, 6) is 1.35. The van der Waals surface area contributed by atoms with Crippen LogP contribution in [-0.4, -0.2) is 35.7 Å². The fourth-order valence-corrected chi connectivity index (χ4v) is 3.99. The molecule has 0 aromatic carbocycles. The number of hydrogen-bond donors (Lipinski definition) is 1. The van der Waals surface area contributed by atoms with E-state index in [0.717, 1.165) is 18.8 Å². The van der Waals surface area contributed by atoms with Crippen LogP contribution in [0.2, 0.25) is 0 Å². The van der Waals surface area contributed by atoms with Crippen LogP contribution in [-0.2, 0) is 0 Å². The minimum absolute atomic E-state index is 0.0275. The fourth-order valence-electron chi connectivity index (χ4n) is 3.99. The molecule has 0 aliphatic heterocycles. The SMILES string of the molecule is CCC1CCCC(C(O)C(CC)(CC)N(C)C)C1. The first kappa shape index (κ1) is 16.0. The highest BCUT2D eigenvalue weighted by atomic mass is 16.3. The molecule has 0 aromatic rings. The Bertz CT molecular complexity index is 235. The Balaban J connectivity index is 2.79. The largest absolute Gasteiger partial charge is 0.391 e. The predicted octanol–water partition coefficient (Wildman–Crippen LogP) is 3.68. The number of nitrogens with zero attached hydrogens (tertiary/aromatic N) is 1.